The summed E-state index contributed by atoms with van der Waals surface area (Å²) in [5.41, 5.74) is 6.88. The Morgan fingerprint density at radius 1 is 1.00 bits per heavy atom. The van der Waals surface area contributed by atoms with Gasteiger partial charge in [0.05, 0.1) is 18.0 Å². The summed E-state index contributed by atoms with van der Waals surface area (Å²) in [7, 11) is 4.13. The van der Waals surface area contributed by atoms with Crippen LogP contribution in [0.4, 0.5) is 0 Å². The second-order valence-electron chi connectivity index (χ2n) is 9.08. The van der Waals surface area contributed by atoms with Crippen molar-refractivity contribution in [2.75, 3.05) is 27.2 Å². The molecule has 1 atom stereocenters. The summed E-state index contributed by atoms with van der Waals surface area (Å²) in [4.78, 5) is 16.3. The highest BCUT2D eigenvalue weighted by Crippen LogP contribution is 2.33. The summed E-state index contributed by atoms with van der Waals surface area (Å²) >= 11 is 0. The molecule has 35 heavy (non-hydrogen) atoms. The highest BCUT2D eigenvalue weighted by atomic mass is 16.5. The van der Waals surface area contributed by atoms with Gasteiger partial charge in [0.2, 0.25) is 0 Å². The van der Waals surface area contributed by atoms with Crippen LogP contribution in [0.2, 0.25) is 0 Å². The van der Waals surface area contributed by atoms with Crippen LogP contribution < -0.4 is 4.74 Å². The minimum atomic E-state index is -0.213. The summed E-state index contributed by atoms with van der Waals surface area (Å²) < 4.78 is 5.88. The molecule has 2 aliphatic rings. The number of aryl methyl sites for hydroxylation is 1. The van der Waals surface area contributed by atoms with E-state index >= 15 is 0 Å². The number of hydrogen-bond donors (Lipinski definition) is 1. The largest absolute Gasteiger partial charge is 0.494 e. The molecule has 2 heterocycles. The molecule has 0 fully saturated rings. The third-order valence-corrected chi connectivity index (χ3v) is 6.35. The maximum absolute atomic E-state index is 9.28. The van der Waals surface area contributed by atoms with E-state index in [2.05, 4.69) is 41.3 Å². The summed E-state index contributed by atoms with van der Waals surface area (Å²) in [6, 6.07) is 18.0. The van der Waals surface area contributed by atoms with Crippen LogP contribution in [-0.4, -0.2) is 59.6 Å². The molecule has 7 heteroatoms. The second-order valence-corrected chi connectivity index (χ2v) is 9.08. The molecule has 1 aliphatic carbocycles. The molecule has 5 rings (SSSR count). The van der Waals surface area contributed by atoms with Crippen LogP contribution in [0.5, 0.6) is 5.75 Å². The molecule has 1 aliphatic heterocycles. The van der Waals surface area contributed by atoms with Crippen LogP contribution >= 0.6 is 0 Å². The zero-order valence-corrected chi connectivity index (χ0v) is 20.1. The number of hydrogen-bond acceptors (Lipinski definition) is 7. The van der Waals surface area contributed by atoms with Gasteiger partial charge in [-0.1, -0.05) is 23.4 Å². The Morgan fingerprint density at radius 2 is 1.80 bits per heavy atom. The van der Waals surface area contributed by atoms with Crippen molar-refractivity contribution in [2.45, 2.75) is 25.3 Å². The topological polar surface area (TPSA) is 82.7 Å². The van der Waals surface area contributed by atoms with Crippen LogP contribution in [0, 0.1) is 0 Å². The summed E-state index contributed by atoms with van der Waals surface area (Å²) in [6.45, 7) is 1.69. The number of fused-ring (bicyclic) bond motifs is 1. The first kappa shape index (κ1) is 22.9. The van der Waals surface area contributed by atoms with Gasteiger partial charge in [-0.2, -0.15) is 0 Å². The van der Waals surface area contributed by atoms with Crippen LogP contribution in [-0.2, 0) is 6.42 Å². The highest BCUT2D eigenvalue weighted by molar-refractivity contribution is 6.19. The molecule has 178 valence electrons. The maximum atomic E-state index is 9.28. The van der Waals surface area contributed by atoms with Gasteiger partial charge in [-0.05, 0) is 80.9 Å². The van der Waals surface area contributed by atoms with Crippen molar-refractivity contribution in [3.8, 4) is 5.75 Å². The number of ether oxygens (including phenoxy) is 1. The summed E-state index contributed by atoms with van der Waals surface area (Å²) in [6.07, 6.45) is 6.16. The fourth-order valence-corrected chi connectivity index (χ4v) is 4.54. The lowest BCUT2D eigenvalue weighted by atomic mass is 9.95. The Bertz CT molecular complexity index is 1280. The molecule has 0 radical (unpaired) electrons. The molecular formula is C28H29N5O2. The first-order chi connectivity index (χ1) is 17.1. The Kier molecular flexibility index (Phi) is 6.68. The second kappa shape index (κ2) is 10.2. The molecular weight excluding hydrogens is 438 g/mol. The molecule has 2 aromatic carbocycles. The van der Waals surface area contributed by atoms with Gasteiger partial charge < -0.3 is 14.8 Å². The van der Waals surface area contributed by atoms with Gasteiger partial charge in [0.1, 0.15) is 11.8 Å². The van der Waals surface area contributed by atoms with Crippen LogP contribution in [0.25, 0.3) is 0 Å². The molecule has 0 bridgehead atoms. The lowest BCUT2D eigenvalue weighted by molar-refractivity contribution is 0.281. The average Bonchev–Trinajstić information content (AvgIpc) is 3.51. The number of nitrogens with zero attached hydrogens (tertiary/aromatic N) is 5. The Labute approximate surface area is 205 Å². The van der Waals surface area contributed by atoms with Crippen molar-refractivity contribution in [1.82, 2.24) is 9.88 Å². The Balaban J connectivity index is 1.41. The van der Waals surface area contributed by atoms with Crippen molar-refractivity contribution < 1.29 is 9.94 Å². The number of amidine groups is 1. The van der Waals surface area contributed by atoms with Gasteiger partial charge in [0, 0.05) is 35.6 Å². The molecule has 1 aromatic heterocycles. The van der Waals surface area contributed by atoms with Gasteiger partial charge in [0.25, 0.3) is 0 Å². The van der Waals surface area contributed by atoms with Gasteiger partial charge >= 0.3 is 0 Å². The highest BCUT2D eigenvalue weighted by Gasteiger charge is 2.28. The van der Waals surface area contributed by atoms with Crippen LogP contribution in [0.1, 0.15) is 46.7 Å². The first-order valence-electron chi connectivity index (χ1n) is 11.9. The SMILES string of the molecule is CN(C)CCCOc1ccc(C2=NC(c3ccc4c(c3)CCC4=NO)C(c3ccncc3)=N2)cc1. The summed E-state index contributed by atoms with van der Waals surface area (Å²) in [5.74, 6) is 1.56. The fraction of sp³-hybridized carbons (Fsp3) is 0.286. The molecule has 1 N–H and O–H groups in total. The minimum Gasteiger partial charge on any atom is -0.494 e. The van der Waals surface area contributed by atoms with Gasteiger partial charge in [0.15, 0.2) is 5.84 Å². The maximum Gasteiger partial charge on any atom is 0.155 e. The number of aliphatic imine (C=N–C) groups is 2. The standard InChI is InChI=1S/C28H29N5O2/c1-33(2)16-3-17-35-23-8-4-20(5-9-23)28-30-26(19-12-14-29-15-13-19)27(31-28)22-6-10-24-21(18-22)7-11-25(24)32-34/h4-6,8-10,12-15,18,27,34H,3,7,11,16-17H2,1-2H3. The van der Waals surface area contributed by atoms with Crippen LogP contribution in [0.3, 0.4) is 0 Å². The molecule has 0 amide bonds. The monoisotopic (exact) mass is 467 g/mol. The number of aromatic nitrogens is 1. The molecule has 3 aromatic rings. The number of oxime groups is 1. The minimum absolute atomic E-state index is 0.213. The van der Waals surface area contributed by atoms with E-state index in [0.717, 1.165) is 65.2 Å². The lowest BCUT2D eigenvalue weighted by Gasteiger charge is -2.13. The Hall–Kier alpha value is -3.84. The molecule has 0 spiro atoms. The van der Waals surface area contributed by atoms with Gasteiger partial charge in [-0.15, -0.1) is 0 Å². The zero-order chi connectivity index (χ0) is 24.2. The average molecular weight is 468 g/mol. The molecule has 0 saturated heterocycles. The van der Waals surface area contributed by atoms with E-state index in [-0.39, 0.29) is 6.04 Å². The van der Waals surface area contributed by atoms with Crippen molar-refractivity contribution >= 4 is 17.3 Å². The fourth-order valence-electron chi connectivity index (χ4n) is 4.54. The van der Waals surface area contributed by atoms with E-state index in [1.54, 1.807) is 12.4 Å². The van der Waals surface area contributed by atoms with Crippen molar-refractivity contribution in [3.05, 3.63) is 94.8 Å². The molecule has 1 unspecified atom stereocenters. The van der Waals surface area contributed by atoms with Crippen molar-refractivity contribution in [3.63, 3.8) is 0 Å². The zero-order valence-electron chi connectivity index (χ0n) is 20.1. The third-order valence-electron chi connectivity index (χ3n) is 6.35. The lowest BCUT2D eigenvalue weighted by Crippen LogP contribution is -2.15. The first-order valence-corrected chi connectivity index (χ1v) is 11.9. The van der Waals surface area contributed by atoms with Crippen molar-refractivity contribution in [2.24, 2.45) is 15.1 Å². The van der Waals surface area contributed by atoms with E-state index in [1.165, 1.54) is 5.56 Å². The summed E-state index contributed by atoms with van der Waals surface area (Å²) in [5, 5.41) is 12.7. The molecule has 0 saturated carbocycles. The smallest absolute Gasteiger partial charge is 0.155 e. The van der Waals surface area contributed by atoms with Gasteiger partial charge in [-0.3, -0.25) is 9.98 Å². The van der Waals surface area contributed by atoms with E-state index in [0.29, 0.717) is 12.4 Å². The molecule has 7 nitrogen and oxygen atoms in total. The van der Waals surface area contributed by atoms with E-state index in [1.807, 2.05) is 42.5 Å². The number of rotatable bonds is 8. The number of pyridine rings is 1. The third kappa shape index (κ3) is 5.00. The van der Waals surface area contributed by atoms with E-state index in [4.69, 9.17) is 14.7 Å². The van der Waals surface area contributed by atoms with Crippen LogP contribution in [0.15, 0.2) is 82.1 Å². The number of benzene rings is 2. The predicted octanol–water partition coefficient (Wildman–Crippen LogP) is 4.53. The quantitative estimate of drug-likeness (QED) is 0.300. The Morgan fingerprint density at radius 3 is 2.54 bits per heavy atom. The van der Waals surface area contributed by atoms with Gasteiger partial charge in [-0.25, -0.2) is 4.99 Å². The van der Waals surface area contributed by atoms with Crippen molar-refractivity contribution in [1.29, 1.82) is 0 Å². The van der Waals surface area contributed by atoms with E-state index in [9.17, 15) is 5.21 Å². The van der Waals surface area contributed by atoms with E-state index < -0.39 is 0 Å². The normalized spacial score (nSPS) is 18.0. The predicted molar refractivity (Wildman–Crippen MR) is 138 cm³/mol.